The predicted molar refractivity (Wildman–Crippen MR) is 302 cm³/mol. The van der Waals surface area contributed by atoms with E-state index < -0.39 is 136 Å². The monoisotopic (exact) mass is 1270 g/mol. The topological polar surface area (TPSA) is 460 Å². The lowest BCUT2D eigenvalue weighted by molar-refractivity contribution is -0.299. The molecule has 7 amide bonds. The van der Waals surface area contributed by atoms with Crippen LogP contribution in [-0.4, -0.2) is 288 Å². The Labute approximate surface area is 502 Å². The molecule has 482 valence electrons. The van der Waals surface area contributed by atoms with Gasteiger partial charge in [-0.1, -0.05) is 34.1 Å². The van der Waals surface area contributed by atoms with Gasteiger partial charge in [0.1, 0.15) is 61.2 Å². The molecule has 1 aromatic carbocycles. The van der Waals surface area contributed by atoms with Gasteiger partial charge in [-0.05, 0) is 31.0 Å². The first kappa shape index (κ1) is 71.3. The van der Waals surface area contributed by atoms with E-state index in [2.05, 4.69) is 37.2 Å². The van der Waals surface area contributed by atoms with Gasteiger partial charge in [0.2, 0.25) is 11.8 Å². The quantitative estimate of drug-likeness (QED) is 0.0126. The fraction of sp³-hybridized carbons (Fsp3) is 0.745. The van der Waals surface area contributed by atoms with Crippen molar-refractivity contribution in [2.75, 3.05) is 110 Å². The molecule has 0 aliphatic carbocycles. The van der Waals surface area contributed by atoms with Crippen molar-refractivity contribution in [3.05, 3.63) is 29.8 Å². The number of thioether (sulfide) groups is 1. The molecule has 0 aromatic heterocycles. The van der Waals surface area contributed by atoms with Crippen LogP contribution in [0.3, 0.4) is 0 Å². The van der Waals surface area contributed by atoms with Crippen molar-refractivity contribution in [3.8, 4) is 5.75 Å². The highest BCUT2D eigenvalue weighted by atomic mass is 33.1. The number of ether oxygens (including phenoxy) is 8. The Bertz CT molecular complexity index is 2200. The summed E-state index contributed by atoms with van der Waals surface area (Å²) >= 11 is 1.84. The molecule has 4 heterocycles. The van der Waals surface area contributed by atoms with Crippen LogP contribution >= 0.6 is 33.3 Å². The van der Waals surface area contributed by atoms with Crippen LogP contribution in [0.1, 0.15) is 48.9 Å². The van der Waals surface area contributed by atoms with E-state index in [-0.39, 0.29) is 95.3 Å². The van der Waals surface area contributed by atoms with E-state index in [9.17, 15) is 74.4 Å². The number of aliphatic hydroxyl groups is 8. The van der Waals surface area contributed by atoms with Crippen molar-refractivity contribution in [3.63, 3.8) is 0 Å². The molecular formula is C51H81N7O24S3. The lowest BCUT2D eigenvalue weighted by Crippen LogP contribution is -2.61. The second kappa shape index (κ2) is 38.8. The van der Waals surface area contributed by atoms with Crippen LogP contribution in [0.15, 0.2) is 24.3 Å². The lowest BCUT2D eigenvalue weighted by atomic mass is 9.99. The number of rotatable bonds is 41. The molecule has 4 unspecified atom stereocenters. The molecule has 0 radical (unpaired) electrons. The van der Waals surface area contributed by atoms with Gasteiger partial charge in [-0.15, -0.1) is 0 Å². The van der Waals surface area contributed by atoms with Crippen LogP contribution in [0.5, 0.6) is 5.75 Å². The fourth-order valence-corrected chi connectivity index (χ4v) is 12.4. The Morgan fingerprint density at radius 2 is 1.27 bits per heavy atom. The number of urea groups is 1. The molecular weight excluding hydrogens is 1190 g/mol. The maximum Gasteiger partial charge on any atom is 0.315 e. The third-order valence-electron chi connectivity index (χ3n) is 13.4. The van der Waals surface area contributed by atoms with E-state index in [1.54, 1.807) is 12.1 Å². The Morgan fingerprint density at radius 3 is 1.89 bits per heavy atom. The first-order valence-corrected chi connectivity index (χ1v) is 31.3. The number of carboxylic acids is 1. The number of amides is 7. The molecule has 1 aromatic rings. The standard InChI is InChI=1S/C51H81N7O24S3/c59-23-32-44(40(65)42(67)49(72)81-32)79-25-29(26-80-45-33(24-60)82-50(73)43(68)41(45)66)55-46(69)28-4-3-5-30(22-28)78-19-18-77-17-16-76-15-14-75-13-11-54-48(71)39(47(70)53-10-8-37(63)64)57-36(62)9-20-84-85-21-12-52-35(61)7-2-1-6-34-38-31(27-83-34)56-51(74)58-38/h3-5,22,29,31-34,38-45,49-50,59-60,65-68,72-73H,1-2,6-21,23-27H2,(H,52,61)(H,53,70)(H,54,71)(H,55,69)(H,57,62)(H,63,64)(H2,56,58,74)/t31?,32-,33-,34?,38?,39?,40-,41-,42+,43+,44-,45-,49+,50+/m1/s1. The van der Waals surface area contributed by atoms with Crippen LogP contribution in [0.25, 0.3) is 0 Å². The van der Waals surface area contributed by atoms with Crippen LogP contribution in [0.2, 0.25) is 0 Å². The van der Waals surface area contributed by atoms with Crippen LogP contribution in [0, 0.1) is 0 Å². The zero-order valence-electron chi connectivity index (χ0n) is 46.6. The zero-order chi connectivity index (χ0) is 61.7. The van der Waals surface area contributed by atoms with Gasteiger partial charge in [-0.3, -0.25) is 28.8 Å². The van der Waals surface area contributed by atoms with Crippen LogP contribution in [0.4, 0.5) is 4.79 Å². The first-order chi connectivity index (χ1) is 40.9. The molecule has 4 fully saturated rings. The Hall–Kier alpha value is -4.44. The molecule has 0 bridgehead atoms. The third-order valence-corrected chi connectivity index (χ3v) is 17.3. The summed E-state index contributed by atoms with van der Waals surface area (Å²) in [6.07, 6.45) is -13.5. The second-order valence-electron chi connectivity index (χ2n) is 19.8. The molecule has 5 rings (SSSR count). The van der Waals surface area contributed by atoms with Gasteiger partial charge in [-0.2, -0.15) is 11.8 Å². The highest BCUT2D eigenvalue weighted by Crippen LogP contribution is 2.33. The fourth-order valence-electron chi connectivity index (χ4n) is 8.96. The second-order valence-corrected chi connectivity index (χ2v) is 23.7. The number of hydrogen-bond acceptors (Lipinski definition) is 26. The molecule has 31 nitrogen and oxygen atoms in total. The summed E-state index contributed by atoms with van der Waals surface area (Å²) < 4.78 is 44.1. The van der Waals surface area contributed by atoms with E-state index in [0.717, 1.165) is 25.0 Å². The predicted octanol–water partition coefficient (Wildman–Crippen LogP) is -5.35. The van der Waals surface area contributed by atoms with E-state index in [1.165, 1.54) is 33.7 Å². The van der Waals surface area contributed by atoms with E-state index in [4.69, 9.17) is 43.0 Å². The van der Waals surface area contributed by atoms with Crippen molar-refractivity contribution in [2.24, 2.45) is 0 Å². The minimum absolute atomic E-state index is 0.0261. The third kappa shape index (κ3) is 24.6. The van der Waals surface area contributed by atoms with Gasteiger partial charge in [0.25, 0.3) is 17.7 Å². The highest BCUT2D eigenvalue weighted by molar-refractivity contribution is 8.76. The number of unbranched alkanes of at least 4 members (excludes halogenated alkanes) is 1. The van der Waals surface area contributed by atoms with Gasteiger partial charge in [-0.25, -0.2) is 4.79 Å². The summed E-state index contributed by atoms with van der Waals surface area (Å²) in [6, 6.07) is 3.49. The van der Waals surface area contributed by atoms with Crippen LogP contribution < -0.4 is 42.0 Å². The molecule has 14 atom stereocenters. The van der Waals surface area contributed by atoms with Gasteiger partial charge in [0, 0.05) is 60.5 Å². The highest BCUT2D eigenvalue weighted by Gasteiger charge is 2.47. The number of fused-ring (bicyclic) bond motifs is 1. The summed E-state index contributed by atoms with van der Waals surface area (Å²) in [6.45, 7) is -1.31. The minimum atomic E-state index is -1.82. The Kier molecular flexibility index (Phi) is 32.5. The molecule has 34 heteroatoms. The lowest BCUT2D eigenvalue weighted by Gasteiger charge is -2.41. The first-order valence-electron chi connectivity index (χ1n) is 27.8. The van der Waals surface area contributed by atoms with Crippen molar-refractivity contribution < 1.29 is 117 Å². The number of aliphatic hydroxyl groups excluding tert-OH is 8. The van der Waals surface area contributed by atoms with Crippen molar-refractivity contribution in [2.45, 2.75) is 129 Å². The number of carbonyl (C=O) groups is 7. The smallest absolute Gasteiger partial charge is 0.315 e. The number of carboxylic acid groups (broad SMARTS) is 1. The normalized spacial score (nSPS) is 26.6. The van der Waals surface area contributed by atoms with Gasteiger partial charge >= 0.3 is 12.0 Å². The van der Waals surface area contributed by atoms with Crippen LogP contribution in [-0.2, 0) is 57.1 Å². The minimum Gasteiger partial charge on any atom is -0.491 e. The van der Waals surface area contributed by atoms with Crippen molar-refractivity contribution in [1.82, 2.24) is 37.2 Å². The summed E-state index contributed by atoms with van der Waals surface area (Å²) in [5, 5.41) is 109. The number of aliphatic carboxylic acids is 1. The Morgan fingerprint density at radius 1 is 0.671 bits per heavy atom. The summed E-state index contributed by atoms with van der Waals surface area (Å²) in [5.74, 6) is -2.05. The summed E-state index contributed by atoms with van der Waals surface area (Å²) in [5.41, 5.74) is 0.109. The number of hydrogen-bond donors (Lipinski definition) is 16. The average Bonchev–Trinajstić information content (AvgIpc) is 3.62. The summed E-state index contributed by atoms with van der Waals surface area (Å²) in [4.78, 5) is 87.0. The van der Waals surface area contributed by atoms with E-state index >= 15 is 0 Å². The maximum absolute atomic E-state index is 13.5. The number of nitrogens with one attached hydrogen (secondary N) is 7. The molecule has 4 saturated heterocycles. The largest absolute Gasteiger partial charge is 0.491 e. The number of carbonyl (C=O) groups excluding carboxylic acids is 6. The Balaban J connectivity index is 0.918. The van der Waals surface area contributed by atoms with E-state index in [1.807, 2.05) is 11.8 Å². The van der Waals surface area contributed by atoms with Crippen molar-refractivity contribution in [1.29, 1.82) is 0 Å². The molecule has 4 aliphatic rings. The maximum atomic E-state index is 13.5. The van der Waals surface area contributed by atoms with E-state index in [0.29, 0.717) is 35.5 Å². The number of benzene rings is 1. The zero-order valence-corrected chi connectivity index (χ0v) is 49.1. The molecule has 4 aliphatic heterocycles. The van der Waals surface area contributed by atoms with Gasteiger partial charge < -0.3 is 121 Å². The molecule has 0 saturated carbocycles. The van der Waals surface area contributed by atoms with Gasteiger partial charge in [0.05, 0.1) is 90.6 Å². The molecule has 16 N–H and O–H groups in total. The average molecular weight is 1270 g/mol. The van der Waals surface area contributed by atoms with Gasteiger partial charge in [0.15, 0.2) is 18.6 Å². The molecule has 85 heavy (non-hydrogen) atoms. The molecule has 0 spiro atoms. The SMILES string of the molecule is O=C(O)CCNC(=O)C(NC(=O)CCSSCCNC(=O)CCCCC1SCC2NC(=O)NC21)C(=O)NCCOCCOCCOCCOc1cccc(C(=O)NC(CO[C@H]2[C@H](O)[C@H](O)[C@@H](O)O[C@@H]2CO)CO[C@H]2[C@H](O)[C@H](O)[C@@H](O)O[C@@H]2CO)c1. The summed E-state index contributed by atoms with van der Waals surface area (Å²) in [7, 11) is 2.84. The van der Waals surface area contributed by atoms with Crippen molar-refractivity contribution >= 4 is 74.9 Å².